The number of ether oxygens (including phenoxy) is 1. The molecule has 2 aliphatic rings. The molecular formula is C21H23NO2. The molecule has 2 unspecified atom stereocenters. The van der Waals surface area contributed by atoms with Crippen molar-refractivity contribution in [2.24, 2.45) is 0 Å². The number of hydrogen-bond donors (Lipinski definition) is 0. The number of fused-ring (bicyclic) bond motifs is 3. The van der Waals surface area contributed by atoms with Gasteiger partial charge in [0.25, 0.3) is 0 Å². The minimum absolute atomic E-state index is 0.187. The Labute approximate surface area is 143 Å². The van der Waals surface area contributed by atoms with Crippen LogP contribution in [0.4, 0.5) is 4.79 Å². The summed E-state index contributed by atoms with van der Waals surface area (Å²) >= 11 is 0. The Morgan fingerprint density at radius 3 is 2.54 bits per heavy atom. The highest BCUT2D eigenvalue weighted by molar-refractivity contribution is 5.74. The van der Waals surface area contributed by atoms with Crippen molar-refractivity contribution in [1.82, 2.24) is 4.90 Å². The molecule has 0 saturated carbocycles. The van der Waals surface area contributed by atoms with Gasteiger partial charge in [0.2, 0.25) is 0 Å². The fourth-order valence-electron chi connectivity index (χ4n) is 4.33. The standard InChI is InChI=1S/C21H23NO2/c1-20-14-12-17-10-6-7-11-18(17)21(20,2)22(19(23)24-20)15-13-16-8-4-3-5-9-16/h3-11H,12-15H2,1-2H3. The molecule has 0 bridgehead atoms. The Kier molecular flexibility index (Phi) is 3.41. The Balaban J connectivity index is 1.71. The number of carbonyl (C=O) groups excluding carboxylic acids is 1. The molecule has 0 aromatic heterocycles. The van der Waals surface area contributed by atoms with E-state index in [9.17, 15) is 4.79 Å². The van der Waals surface area contributed by atoms with Gasteiger partial charge in [-0.3, -0.25) is 4.90 Å². The first-order chi connectivity index (χ1) is 11.5. The van der Waals surface area contributed by atoms with E-state index in [2.05, 4.69) is 50.2 Å². The Morgan fingerprint density at radius 2 is 1.75 bits per heavy atom. The molecule has 2 atom stereocenters. The van der Waals surface area contributed by atoms with Crippen molar-refractivity contribution in [2.45, 2.75) is 44.2 Å². The Morgan fingerprint density at radius 1 is 1.04 bits per heavy atom. The van der Waals surface area contributed by atoms with Gasteiger partial charge in [-0.05, 0) is 49.8 Å². The molecule has 3 nitrogen and oxygen atoms in total. The van der Waals surface area contributed by atoms with Crippen molar-refractivity contribution >= 4 is 6.09 Å². The fourth-order valence-corrected chi connectivity index (χ4v) is 4.33. The number of rotatable bonds is 3. The van der Waals surface area contributed by atoms with Crippen molar-refractivity contribution in [3.8, 4) is 0 Å². The summed E-state index contributed by atoms with van der Waals surface area (Å²) in [5.74, 6) is 0. The van der Waals surface area contributed by atoms with Gasteiger partial charge in [0, 0.05) is 6.54 Å². The van der Waals surface area contributed by atoms with Crippen LogP contribution in [0.15, 0.2) is 54.6 Å². The lowest BCUT2D eigenvalue weighted by molar-refractivity contribution is -0.00949. The average Bonchev–Trinajstić information content (AvgIpc) is 2.80. The third-order valence-corrected chi connectivity index (χ3v) is 5.98. The lowest BCUT2D eigenvalue weighted by Gasteiger charge is -2.46. The largest absolute Gasteiger partial charge is 0.440 e. The molecule has 1 saturated heterocycles. The normalized spacial score (nSPS) is 28.2. The van der Waals surface area contributed by atoms with Gasteiger partial charge in [-0.2, -0.15) is 0 Å². The van der Waals surface area contributed by atoms with Crippen LogP contribution >= 0.6 is 0 Å². The molecule has 1 aliphatic heterocycles. The summed E-state index contributed by atoms with van der Waals surface area (Å²) in [5.41, 5.74) is 2.94. The zero-order valence-corrected chi connectivity index (χ0v) is 14.3. The topological polar surface area (TPSA) is 29.5 Å². The van der Waals surface area contributed by atoms with Crippen LogP contribution in [-0.4, -0.2) is 23.1 Å². The molecule has 1 aliphatic carbocycles. The summed E-state index contributed by atoms with van der Waals surface area (Å²) in [4.78, 5) is 14.6. The predicted molar refractivity (Wildman–Crippen MR) is 93.9 cm³/mol. The molecule has 1 heterocycles. The number of carbonyl (C=O) groups is 1. The molecule has 1 amide bonds. The molecular weight excluding hydrogens is 298 g/mol. The summed E-state index contributed by atoms with van der Waals surface area (Å²) in [5, 5.41) is 0. The van der Waals surface area contributed by atoms with Crippen molar-refractivity contribution in [2.75, 3.05) is 6.54 Å². The van der Waals surface area contributed by atoms with Crippen LogP contribution in [0, 0.1) is 0 Å². The molecule has 0 spiro atoms. The van der Waals surface area contributed by atoms with Gasteiger partial charge in [0.15, 0.2) is 0 Å². The van der Waals surface area contributed by atoms with Gasteiger partial charge in [-0.1, -0.05) is 54.6 Å². The van der Waals surface area contributed by atoms with Crippen molar-refractivity contribution in [3.05, 3.63) is 71.3 Å². The predicted octanol–water partition coefficient (Wildman–Crippen LogP) is 4.30. The summed E-state index contributed by atoms with van der Waals surface area (Å²) in [6.45, 7) is 4.92. The number of benzene rings is 2. The first kappa shape index (κ1) is 15.3. The van der Waals surface area contributed by atoms with Crippen LogP contribution in [0.1, 0.15) is 37.0 Å². The molecule has 2 aromatic rings. The molecule has 0 radical (unpaired) electrons. The summed E-state index contributed by atoms with van der Waals surface area (Å²) in [6.07, 6.45) is 2.48. The van der Waals surface area contributed by atoms with E-state index in [4.69, 9.17) is 4.74 Å². The highest BCUT2D eigenvalue weighted by Gasteiger charge is 2.62. The number of aryl methyl sites for hydroxylation is 1. The number of amides is 1. The first-order valence-corrected chi connectivity index (χ1v) is 8.67. The van der Waals surface area contributed by atoms with E-state index in [-0.39, 0.29) is 6.09 Å². The lowest BCUT2D eigenvalue weighted by atomic mass is 9.67. The molecule has 0 N–H and O–H groups in total. The van der Waals surface area contributed by atoms with E-state index in [0.29, 0.717) is 6.54 Å². The maximum atomic E-state index is 12.7. The minimum Gasteiger partial charge on any atom is -0.440 e. The van der Waals surface area contributed by atoms with Crippen LogP contribution in [0.25, 0.3) is 0 Å². The van der Waals surface area contributed by atoms with E-state index < -0.39 is 11.1 Å². The maximum absolute atomic E-state index is 12.7. The van der Waals surface area contributed by atoms with E-state index in [1.54, 1.807) is 0 Å². The van der Waals surface area contributed by atoms with Crippen molar-refractivity contribution in [3.63, 3.8) is 0 Å². The molecule has 1 fully saturated rings. The monoisotopic (exact) mass is 321 g/mol. The van der Waals surface area contributed by atoms with E-state index in [1.807, 2.05) is 23.1 Å². The third kappa shape index (κ3) is 2.07. The van der Waals surface area contributed by atoms with Crippen LogP contribution in [0.5, 0.6) is 0 Å². The number of hydrogen-bond acceptors (Lipinski definition) is 2. The van der Waals surface area contributed by atoms with E-state index >= 15 is 0 Å². The molecule has 3 heteroatoms. The first-order valence-electron chi connectivity index (χ1n) is 8.67. The van der Waals surface area contributed by atoms with Gasteiger partial charge in [0.1, 0.15) is 11.1 Å². The summed E-state index contributed by atoms with van der Waals surface area (Å²) in [7, 11) is 0. The fraction of sp³-hybridized carbons (Fsp3) is 0.381. The van der Waals surface area contributed by atoms with E-state index in [0.717, 1.165) is 19.3 Å². The van der Waals surface area contributed by atoms with Crippen molar-refractivity contribution < 1.29 is 9.53 Å². The van der Waals surface area contributed by atoms with Crippen LogP contribution in [0.3, 0.4) is 0 Å². The summed E-state index contributed by atoms with van der Waals surface area (Å²) in [6, 6.07) is 18.8. The second-order valence-corrected chi connectivity index (χ2v) is 7.22. The quantitative estimate of drug-likeness (QED) is 0.843. The highest BCUT2D eigenvalue weighted by Crippen LogP contribution is 2.52. The van der Waals surface area contributed by atoms with Crippen LogP contribution in [-0.2, 0) is 23.1 Å². The van der Waals surface area contributed by atoms with Gasteiger partial charge < -0.3 is 4.74 Å². The molecule has 4 rings (SSSR count). The maximum Gasteiger partial charge on any atom is 0.411 e. The highest BCUT2D eigenvalue weighted by atomic mass is 16.6. The lowest BCUT2D eigenvalue weighted by Crippen LogP contribution is -2.55. The minimum atomic E-state index is -0.463. The van der Waals surface area contributed by atoms with Gasteiger partial charge in [-0.15, -0.1) is 0 Å². The second-order valence-electron chi connectivity index (χ2n) is 7.22. The number of nitrogens with zero attached hydrogens (tertiary/aromatic N) is 1. The Hall–Kier alpha value is -2.29. The van der Waals surface area contributed by atoms with E-state index in [1.165, 1.54) is 16.7 Å². The third-order valence-electron chi connectivity index (χ3n) is 5.98. The zero-order chi connectivity index (χ0) is 16.8. The van der Waals surface area contributed by atoms with Crippen molar-refractivity contribution in [1.29, 1.82) is 0 Å². The van der Waals surface area contributed by atoms with Crippen LogP contribution in [0.2, 0.25) is 0 Å². The zero-order valence-electron chi connectivity index (χ0n) is 14.3. The Bertz CT molecular complexity index is 772. The van der Waals surface area contributed by atoms with Gasteiger partial charge >= 0.3 is 6.09 Å². The summed E-state index contributed by atoms with van der Waals surface area (Å²) < 4.78 is 5.90. The average molecular weight is 321 g/mol. The smallest absolute Gasteiger partial charge is 0.411 e. The second kappa shape index (κ2) is 5.37. The van der Waals surface area contributed by atoms with Crippen LogP contribution < -0.4 is 0 Å². The molecule has 2 aromatic carbocycles. The molecule has 24 heavy (non-hydrogen) atoms. The van der Waals surface area contributed by atoms with Gasteiger partial charge in [-0.25, -0.2) is 4.79 Å². The van der Waals surface area contributed by atoms with Gasteiger partial charge in [0.05, 0.1) is 0 Å². The molecule has 124 valence electrons. The SMILES string of the molecule is CC12CCc3ccccc3C1(C)N(CCc1ccccc1)C(=O)O2.